The summed E-state index contributed by atoms with van der Waals surface area (Å²) >= 11 is 0. The van der Waals surface area contributed by atoms with Gasteiger partial charge in [0.1, 0.15) is 0 Å². The lowest BCUT2D eigenvalue weighted by Crippen LogP contribution is -2.46. The highest BCUT2D eigenvalue weighted by atomic mass is 16.5. The van der Waals surface area contributed by atoms with Crippen molar-refractivity contribution in [3.8, 4) is 11.4 Å². The van der Waals surface area contributed by atoms with Gasteiger partial charge in [0.25, 0.3) is 0 Å². The van der Waals surface area contributed by atoms with E-state index in [1.807, 2.05) is 30.3 Å². The van der Waals surface area contributed by atoms with E-state index in [0.29, 0.717) is 43.6 Å². The fourth-order valence-electron chi connectivity index (χ4n) is 3.95. The molecule has 2 N–H and O–H groups in total. The number of aryl methyl sites for hydroxylation is 1. The van der Waals surface area contributed by atoms with Gasteiger partial charge in [-0.05, 0) is 12.8 Å². The number of hydrogen-bond donors (Lipinski definition) is 2. The monoisotopic (exact) mass is 386 g/mol. The van der Waals surface area contributed by atoms with Crippen LogP contribution in [-0.2, 0) is 16.0 Å². The Balaban J connectivity index is 1.23. The summed E-state index contributed by atoms with van der Waals surface area (Å²) in [5.41, 5.74) is 0.895. The molecule has 2 saturated heterocycles. The average molecular weight is 386 g/mol. The molecule has 28 heavy (non-hydrogen) atoms. The lowest BCUT2D eigenvalue weighted by Gasteiger charge is -2.34. The first kappa shape index (κ1) is 19.0. The van der Waals surface area contributed by atoms with Crippen molar-refractivity contribution in [1.29, 1.82) is 0 Å². The number of morpholine rings is 1. The van der Waals surface area contributed by atoms with Crippen molar-refractivity contribution in [3.05, 3.63) is 36.2 Å². The Morgan fingerprint density at radius 1 is 1.29 bits per heavy atom. The van der Waals surface area contributed by atoms with Crippen molar-refractivity contribution in [2.45, 2.75) is 43.9 Å². The zero-order valence-corrected chi connectivity index (χ0v) is 15.8. The van der Waals surface area contributed by atoms with E-state index in [9.17, 15) is 4.79 Å². The van der Waals surface area contributed by atoms with Gasteiger partial charge < -0.3 is 19.7 Å². The van der Waals surface area contributed by atoms with Crippen LogP contribution >= 0.6 is 0 Å². The molecule has 0 spiro atoms. The van der Waals surface area contributed by atoms with E-state index in [-0.39, 0.29) is 24.7 Å². The van der Waals surface area contributed by atoms with Gasteiger partial charge >= 0.3 is 0 Å². The maximum atomic E-state index is 12.3. The second kappa shape index (κ2) is 8.81. The second-order valence-electron chi connectivity index (χ2n) is 7.45. The molecule has 1 aromatic heterocycles. The lowest BCUT2D eigenvalue weighted by molar-refractivity contribution is -0.121. The summed E-state index contributed by atoms with van der Waals surface area (Å²) in [6.45, 7) is 2.47. The summed E-state index contributed by atoms with van der Waals surface area (Å²) in [6.07, 6.45) is 2.40. The standard InChI is InChI=1S/C20H26N4O4/c25-9-8-17-12-24-11-15(10-16(24)13-27-17)21-18(26)6-7-19-22-20(23-28-19)14-4-2-1-3-5-14/h1-5,15-17,25H,6-13H2,(H,21,26)/t15-,16+,17+/m1/s1. The summed E-state index contributed by atoms with van der Waals surface area (Å²) in [7, 11) is 0. The Labute approximate surface area is 163 Å². The number of fused-ring (bicyclic) bond motifs is 1. The molecule has 1 aromatic carbocycles. The molecule has 0 unspecified atom stereocenters. The summed E-state index contributed by atoms with van der Waals surface area (Å²) in [6, 6.07) is 10.1. The van der Waals surface area contributed by atoms with Crippen molar-refractivity contribution in [2.75, 3.05) is 26.3 Å². The zero-order chi connectivity index (χ0) is 19.3. The first-order valence-electron chi connectivity index (χ1n) is 9.85. The largest absolute Gasteiger partial charge is 0.396 e. The third-order valence-electron chi connectivity index (χ3n) is 5.37. The molecule has 3 heterocycles. The van der Waals surface area contributed by atoms with Crippen molar-refractivity contribution in [1.82, 2.24) is 20.4 Å². The number of benzene rings is 1. The Bertz CT molecular complexity index is 782. The van der Waals surface area contributed by atoms with Crippen LogP contribution in [-0.4, -0.2) is 70.5 Å². The highest BCUT2D eigenvalue weighted by Gasteiger charge is 2.37. The molecule has 0 aliphatic carbocycles. The van der Waals surface area contributed by atoms with Crippen molar-refractivity contribution in [3.63, 3.8) is 0 Å². The van der Waals surface area contributed by atoms with E-state index in [2.05, 4.69) is 20.4 Å². The van der Waals surface area contributed by atoms with Gasteiger partial charge in [0.05, 0.1) is 12.7 Å². The molecule has 3 atom stereocenters. The molecule has 2 fully saturated rings. The van der Waals surface area contributed by atoms with Gasteiger partial charge in [0, 0.05) is 50.2 Å². The molecular formula is C20H26N4O4. The number of carbonyl (C=O) groups excluding carboxylic acids is 1. The molecule has 8 heteroatoms. The van der Waals surface area contributed by atoms with Gasteiger partial charge in [-0.25, -0.2) is 0 Å². The highest BCUT2D eigenvalue weighted by molar-refractivity contribution is 5.76. The highest BCUT2D eigenvalue weighted by Crippen LogP contribution is 2.24. The van der Waals surface area contributed by atoms with Crippen LogP contribution in [0.4, 0.5) is 0 Å². The molecule has 0 saturated carbocycles. The first-order valence-corrected chi connectivity index (χ1v) is 9.85. The number of hydrogen-bond acceptors (Lipinski definition) is 7. The van der Waals surface area contributed by atoms with E-state index in [0.717, 1.165) is 25.1 Å². The van der Waals surface area contributed by atoms with Crippen LogP contribution in [0.15, 0.2) is 34.9 Å². The van der Waals surface area contributed by atoms with Crippen LogP contribution in [0.3, 0.4) is 0 Å². The molecule has 8 nitrogen and oxygen atoms in total. The number of nitrogens with one attached hydrogen (secondary N) is 1. The summed E-state index contributed by atoms with van der Waals surface area (Å²) < 4.78 is 11.1. The third kappa shape index (κ3) is 4.57. The minimum Gasteiger partial charge on any atom is -0.396 e. The van der Waals surface area contributed by atoms with Crippen LogP contribution in [0.2, 0.25) is 0 Å². The fraction of sp³-hybridized carbons (Fsp3) is 0.550. The molecule has 0 radical (unpaired) electrons. The Kier molecular flexibility index (Phi) is 5.99. The molecule has 2 aliphatic rings. The minimum atomic E-state index is -0.00265. The topological polar surface area (TPSA) is 101 Å². The lowest BCUT2D eigenvalue weighted by atomic mass is 10.1. The van der Waals surface area contributed by atoms with Crippen LogP contribution in [0.25, 0.3) is 11.4 Å². The predicted octanol–water partition coefficient (Wildman–Crippen LogP) is 1.01. The zero-order valence-electron chi connectivity index (χ0n) is 15.8. The third-order valence-corrected chi connectivity index (χ3v) is 5.37. The quantitative estimate of drug-likeness (QED) is 0.732. The molecule has 150 valence electrons. The fourth-order valence-corrected chi connectivity index (χ4v) is 3.95. The number of aliphatic hydroxyl groups excluding tert-OH is 1. The van der Waals surface area contributed by atoms with E-state index in [4.69, 9.17) is 14.4 Å². The van der Waals surface area contributed by atoms with Gasteiger partial charge in [-0.1, -0.05) is 35.5 Å². The summed E-state index contributed by atoms with van der Waals surface area (Å²) in [5.74, 6) is 1.01. The van der Waals surface area contributed by atoms with Gasteiger partial charge in [-0.3, -0.25) is 9.69 Å². The van der Waals surface area contributed by atoms with Gasteiger partial charge in [-0.15, -0.1) is 0 Å². The van der Waals surface area contributed by atoms with Crippen LogP contribution in [0.5, 0.6) is 0 Å². The van der Waals surface area contributed by atoms with Crippen LogP contribution in [0.1, 0.15) is 25.2 Å². The number of carbonyl (C=O) groups is 1. The minimum absolute atomic E-state index is 0.00265. The normalized spacial score (nSPS) is 24.8. The SMILES string of the molecule is O=C(CCc1nc(-c2ccccc2)no1)N[C@@H]1C[C@H]2CO[C@@H](CCO)CN2C1. The number of ether oxygens (including phenoxy) is 1. The molecule has 2 aliphatic heterocycles. The molecule has 2 aromatic rings. The average Bonchev–Trinajstić information content (AvgIpc) is 3.33. The molecule has 0 bridgehead atoms. The maximum absolute atomic E-state index is 12.3. The number of nitrogens with zero attached hydrogens (tertiary/aromatic N) is 3. The van der Waals surface area contributed by atoms with E-state index in [1.165, 1.54) is 0 Å². The predicted molar refractivity (Wildman–Crippen MR) is 101 cm³/mol. The number of rotatable bonds is 7. The van der Waals surface area contributed by atoms with Crippen LogP contribution in [0, 0.1) is 0 Å². The molecular weight excluding hydrogens is 360 g/mol. The summed E-state index contributed by atoms with van der Waals surface area (Å²) in [4.78, 5) is 19.1. The molecule has 4 rings (SSSR count). The number of aliphatic hydroxyl groups is 1. The van der Waals surface area contributed by atoms with Gasteiger partial charge in [0.2, 0.25) is 17.6 Å². The van der Waals surface area contributed by atoms with Crippen LogP contribution < -0.4 is 5.32 Å². The first-order chi connectivity index (χ1) is 13.7. The van der Waals surface area contributed by atoms with E-state index < -0.39 is 0 Å². The number of amides is 1. The van der Waals surface area contributed by atoms with Crippen molar-refractivity contribution < 1.29 is 19.2 Å². The van der Waals surface area contributed by atoms with Crippen molar-refractivity contribution in [2.24, 2.45) is 0 Å². The van der Waals surface area contributed by atoms with E-state index in [1.54, 1.807) is 0 Å². The van der Waals surface area contributed by atoms with Gasteiger partial charge in [0.15, 0.2) is 0 Å². The Hall–Kier alpha value is -2.29. The smallest absolute Gasteiger partial charge is 0.227 e. The molecule has 1 amide bonds. The van der Waals surface area contributed by atoms with E-state index >= 15 is 0 Å². The Morgan fingerprint density at radius 3 is 2.96 bits per heavy atom. The number of aromatic nitrogens is 2. The van der Waals surface area contributed by atoms with Gasteiger partial charge in [-0.2, -0.15) is 4.98 Å². The Morgan fingerprint density at radius 2 is 2.14 bits per heavy atom. The second-order valence-corrected chi connectivity index (χ2v) is 7.45. The van der Waals surface area contributed by atoms with Crippen molar-refractivity contribution >= 4 is 5.91 Å². The summed E-state index contributed by atoms with van der Waals surface area (Å²) in [5, 5.41) is 16.2. The maximum Gasteiger partial charge on any atom is 0.227 e.